The van der Waals surface area contributed by atoms with Gasteiger partial charge >= 0.3 is 0 Å². The zero-order valence-electron chi connectivity index (χ0n) is 14.0. The number of ether oxygens (including phenoxy) is 2. The second-order valence-electron chi connectivity index (χ2n) is 6.43. The summed E-state index contributed by atoms with van der Waals surface area (Å²) in [5, 5.41) is 8.25. The molecule has 0 unspecified atom stereocenters. The van der Waals surface area contributed by atoms with E-state index in [0.717, 1.165) is 58.5 Å². The number of hydrogen-bond donors (Lipinski definition) is 0. The van der Waals surface area contributed by atoms with E-state index in [1.165, 1.54) is 0 Å². The van der Waals surface area contributed by atoms with Gasteiger partial charge < -0.3 is 18.5 Å². The molecule has 2 aromatic heterocycles. The number of rotatable bonds is 3. The highest BCUT2D eigenvalue weighted by Crippen LogP contribution is 2.39. The number of aryl methyl sites for hydroxylation is 1. The highest BCUT2D eigenvalue weighted by atomic mass is 79.9. The molecule has 8 heteroatoms. The first-order valence-electron chi connectivity index (χ1n) is 8.66. The minimum atomic E-state index is 0.420. The summed E-state index contributed by atoms with van der Waals surface area (Å²) in [4.78, 5) is 4.51. The maximum atomic E-state index is 5.67. The van der Waals surface area contributed by atoms with Crippen LogP contribution in [0.25, 0.3) is 11.6 Å². The molecule has 0 fully saturated rings. The van der Waals surface area contributed by atoms with Crippen molar-refractivity contribution in [3.63, 3.8) is 0 Å². The van der Waals surface area contributed by atoms with Crippen LogP contribution in [0.1, 0.15) is 35.6 Å². The fourth-order valence-electron chi connectivity index (χ4n) is 3.42. The van der Waals surface area contributed by atoms with Crippen molar-refractivity contribution in [1.82, 2.24) is 15.3 Å². The fraction of sp³-hybridized carbons (Fsp3) is 0.389. The third kappa shape index (κ3) is 2.78. The van der Waals surface area contributed by atoms with Gasteiger partial charge in [0, 0.05) is 18.4 Å². The van der Waals surface area contributed by atoms with Crippen LogP contribution in [0.5, 0.6) is 11.5 Å². The quantitative estimate of drug-likeness (QED) is 0.641. The molecular weight excluding hydrogens is 402 g/mol. The van der Waals surface area contributed by atoms with E-state index in [4.69, 9.17) is 18.5 Å². The molecule has 0 amide bonds. The molecule has 7 nitrogen and oxygen atoms in total. The first-order valence-corrected chi connectivity index (χ1v) is 9.45. The normalized spacial score (nSPS) is 15.7. The SMILES string of the molecule is Brc1cc(Cc2noc(-c3noc4c3CCCC4)n2)cc2c1OCCO2. The zero-order chi connectivity index (χ0) is 17.5. The lowest BCUT2D eigenvalue weighted by atomic mass is 9.96. The number of halogens is 1. The zero-order valence-corrected chi connectivity index (χ0v) is 15.5. The fourth-order valence-corrected chi connectivity index (χ4v) is 4.03. The number of hydrogen-bond acceptors (Lipinski definition) is 7. The molecule has 5 rings (SSSR count). The molecule has 1 aromatic carbocycles. The van der Waals surface area contributed by atoms with Crippen LogP contribution in [0.2, 0.25) is 0 Å². The van der Waals surface area contributed by atoms with E-state index in [2.05, 4.69) is 31.2 Å². The third-order valence-corrected chi connectivity index (χ3v) is 5.23. The van der Waals surface area contributed by atoms with E-state index < -0.39 is 0 Å². The summed E-state index contributed by atoms with van der Waals surface area (Å²) in [6, 6.07) is 3.94. The minimum absolute atomic E-state index is 0.420. The molecule has 0 saturated carbocycles. The molecule has 0 N–H and O–H groups in total. The summed E-state index contributed by atoms with van der Waals surface area (Å²) >= 11 is 3.53. The molecule has 2 aliphatic rings. The summed E-state index contributed by atoms with van der Waals surface area (Å²) in [5.41, 5.74) is 2.80. The van der Waals surface area contributed by atoms with Gasteiger partial charge in [-0.2, -0.15) is 4.98 Å². The van der Waals surface area contributed by atoms with Gasteiger partial charge in [-0.05, 0) is 52.9 Å². The summed E-state index contributed by atoms with van der Waals surface area (Å²) in [7, 11) is 0. The first kappa shape index (κ1) is 15.9. The Kier molecular flexibility index (Phi) is 3.92. The average Bonchev–Trinajstić information content (AvgIpc) is 3.28. The Bertz CT molecular complexity index is 965. The molecule has 1 aliphatic heterocycles. The molecule has 0 radical (unpaired) electrons. The number of aromatic nitrogens is 3. The van der Waals surface area contributed by atoms with Crippen LogP contribution in [0.15, 0.2) is 25.7 Å². The lowest BCUT2D eigenvalue weighted by molar-refractivity contribution is 0.170. The van der Waals surface area contributed by atoms with Crippen LogP contribution in [-0.2, 0) is 19.3 Å². The monoisotopic (exact) mass is 417 g/mol. The lowest BCUT2D eigenvalue weighted by Gasteiger charge is -2.20. The predicted octanol–water partition coefficient (Wildman–Crippen LogP) is 3.73. The van der Waals surface area contributed by atoms with Crippen molar-refractivity contribution in [2.75, 3.05) is 13.2 Å². The molecule has 1 aliphatic carbocycles. The third-order valence-electron chi connectivity index (χ3n) is 4.64. The maximum Gasteiger partial charge on any atom is 0.280 e. The van der Waals surface area contributed by atoms with Gasteiger partial charge in [0.05, 0.1) is 4.47 Å². The Hall–Kier alpha value is -2.35. The highest BCUT2D eigenvalue weighted by molar-refractivity contribution is 9.10. The van der Waals surface area contributed by atoms with E-state index in [0.29, 0.717) is 37.0 Å². The standard InChI is InChI=1S/C18H16BrN3O4/c19-12-7-10(8-14-17(12)24-6-5-23-14)9-15-20-18(26-21-15)16-11-3-1-2-4-13(11)25-22-16/h7-8H,1-6,9H2. The van der Waals surface area contributed by atoms with Crippen LogP contribution in [-0.4, -0.2) is 28.5 Å². The Morgan fingerprint density at radius 2 is 1.88 bits per heavy atom. The number of fused-ring (bicyclic) bond motifs is 2. The molecular formula is C18H16BrN3O4. The van der Waals surface area contributed by atoms with E-state index in [9.17, 15) is 0 Å². The molecule has 0 bridgehead atoms. The van der Waals surface area contributed by atoms with Crippen LogP contribution >= 0.6 is 15.9 Å². The number of nitrogens with zero attached hydrogens (tertiary/aromatic N) is 3. The summed E-state index contributed by atoms with van der Waals surface area (Å²) in [6.07, 6.45) is 4.66. The van der Waals surface area contributed by atoms with Crippen molar-refractivity contribution < 1.29 is 18.5 Å². The first-order chi connectivity index (χ1) is 12.8. The van der Waals surface area contributed by atoms with Crippen molar-refractivity contribution in [3.8, 4) is 23.1 Å². The van der Waals surface area contributed by atoms with Crippen LogP contribution in [0.3, 0.4) is 0 Å². The Morgan fingerprint density at radius 3 is 2.85 bits per heavy atom. The van der Waals surface area contributed by atoms with Crippen molar-refractivity contribution >= 4 is 15.9 Å². The van der Waals surface area contributed by atoms with Crippen molar-refractivity contribution in [3.05, 3.63) is 39.3 Å². The Morgan fingerprint density at radius 1 is 1.00 bits per heavy atom. The van der Waals surface area contributed by atoms with Crippen LogP contribution in [0.4, 0.5) is 0 Å². The summed E-state index contributed by atoms with van der Waals surface area (Å²) < 4.78 is 23.0. The predicted molar refractivity (Wildman–Crippen MR) is 94.4 cm³/mol. The summed E-state index contributed by atoms with van der Waals surface area (Å²) in [6.45, 7) is 1.10. The summed E-state index contributed by atoms with van der Waals surface area (Å²) in [5.74, 6) is 3.43. The molecule has 0 spiro atoms. The minimum Gasteiger partial charge on any atom is -0.486 e. The smallest absolute Gasteiger partial charge is 0.280 e. The van der Waals surface area contributed by atoms with Gasteiger partial charge in [0.25, 0.3) is 5.89 Å². The lowest BCUT2D eigenvalue weighted by Crippen LogP contribution is -2.16. The molecule has 3 aromatic rings. The van der Waals surface area contributed by atoms with Crippen LogP contribution < -0.4 is 9.47 Å². The molecule has 134 valence electrons. The van der Waals surface area contributed by atoms with E-state index in [1.807, 2.05) is 12.1 Å². The van der Waals surface area contributed by atoms with Crippen molar-refractivity contribution in [2.24, 2.45) is 0 Å². The van der Waals surface area contributed by atoms with Gasteiger partial charge in [0.15, 0.2) is 23.0 Å². The van der Waals surface area contributed by atoms with Gasteiger partial charge in [-0.25, -0.2) is 0 Å². The molecule has 26 heavy (non-hydrogen) atoms. The maximum absolute atomic E-state index is 5.67. The Balaban J connectivity index is 1.41. The van der Waals surface area contributed by atoms with Gasteiger partial charge in [0.1, 0.15) is 19.0 Å². The second-order valence-corrected chi connectivity index (χ2v) is 7.29. The van der Waals surface area contributed by atoms with Gasteiger partial charge in [-0.3, -0.25) is 0 Å². The Labute approximate surface area is 157 Å². The largest absolute Gasteiger partial charge is 0.486 e. The highest BCUT2D eigenvalue weighted by Gasteiger charge is 2.24. The van der Waals surface area contributed by atoms with E-state index >= 15 is 0 Å². The van der Waals surface area contributed by atoms with Gasteiger partial charge in [-0.15, -0.1) is 0 Å². The average molecular weight is 418 g/mol. The van der Waals surface area contributed by atoms with E-state index in [-0.39, 0.29) is 0 Å². The molecule has 0 saturated heterocycles. The van der Waals surface area contributed by atoms with Crippen molar-refractivity contribution in [2.45, 2.75) is 32.1 Å². The van der Waals surface area contributed by atoms with Gasteiger partial charge in [0.2, 0.25) is 0 Å². The topological polar surface area (TPSA) is 83.4 Å². The molecule has 3 heterocycles. The van der Waals surface area contributed by atoms with Crippen LogP contribution in [0, 0.1) is 0 Å². The van der Waals surface area contributed by atoms with Crippen molar-refractivity contribution in [1.29, 1.82) is 0 Å². The molecule has 0 atom stereocenters. The van der Waals surface area contributed by atoms with E-state index in [1.54, 1.807) is 0 Å². The number of benzene rings is 1. The second kappa shape index (κ2) is 6.42. The van der Waals surface area contributed by atoms with Gasteiger partial charge in [-0.1, -0.05) is 10.3 Å².